The Balaban J connectivity index is 1.63. The molecule has 0 bridgehead atoms. The van der Waals surface area contributed by atoms with Crippen molar-refractivity contribution >= 4 is 22.6 Å². The minimum absolute atomic E-state index is 0.175. The van der Waals surface area contributed by atoms with Gasteiger partial charge < -0.3 is 10.3 Å². The predicted molar refractivity (Wildman–Crippen MR) is 91.5 cm³/mol. The van der Waals surface area contributed by atoms with Gasteiger partial charge >= 0.3 is 0 Å². The molecule has 4 aromatic rings. The fraction of sp³-hybridized carbons (Fsp3) is 0. The predicted octanol–water partition coefficient (Wildman–Crippen LogP) is 3.27. The Labute approximate surface area is 137 Å². The second kappa shape index (κ2) is 5.92. The first-order chi connectivity index (χ1) is 11.8. The maximum Gasteiger partial charge on any atom is 0.255 e. The largest absolute Gasteiger partial charge is 0.338 e. The molecule has 0 aliphatic carbocycles. The summed E-state index contributed by atoms with van der Waals surface area (Å²) in [6.45, 7) is 0. The molecule has 0 saturated heterocycles. The summed E-state index contributed by atoms with van der Waals surface area (Å²) in [6.07, 6.45) is 6.63. The van der Waals surface area contributed by atoms with Gasteiger partial charge in [0.05, 0.1) is 11.0 Å². The van der Waals surface area contributed by atoms with E-state index < -0.39 is 0 Å². The number of carbonyl (C=O) groups is 1. The summed E-state index contributed by atoms with van der Waals surface area (Å²) in [5.41, 5.74) is 3.92. The normalized spacial score (nSPS) is 10.7. The highest BCUT2D eigenvalue weighted by molar-refractivity contribution is 6.04. The van der Waals surface area contributed by atoms with Crippen molar-refractivity contribution in [3.8, 4) is 11.4 Å². The van der Waals surface area contributed by atoms with Crippen LogP contribution in [0.25, 0.3) is 22.4 Å². The van der Waals surface area contributed by atoms with E-state index >= 15 is 0 Å². The minimum Gasteiger partial charge on any atom is -0.338 e. The zero-order chi connectivity index (χ0) is 16.4. The summed E-state index contributed by atoms with van der Waals surface area (Å²) in [6, 6.07) is 12.7. The molecule has 0 radical (unpaired) electrons. The maximum atomic E-state index is 12.2. The maximum absolute atomic E-state index is 12.2. The quantitative estimate of drug-likeness (QED) is 0.608. The van der Waals surface area contributed by atoms with Gasteiger partial charge in [0.15, 0.2) is 0 Å². The van der Waals surface area contributed by atoms with E-state index in [1.54, 1.807) is 36.9 Å². The number of nitrogens with zero attached hydrogens (tertiary/aromatic N) is 3. The fourth-order valence-corrected chi connectivity index (χ4v) is 2.44. The molecule has 0 saturated carbocycles. The van der Waals surface area contributed by atoms with Crippen LogP contribution < -0.4 is 5.32 Å². The van der Waals surface area contributed by atoms with Crippen molar-refractivity contribution in [2.75, 3.05) is 5.32 Å². The number of aromatic nitrogens is 4. The number of hydrogen-bond donors (Lipinski definition) is 2. The van der Waals surface area contributed by atoms with Crippen LogP contribution in [0.5, 0.6) is 0 Å². The number of imidazole rings is 1. The number of nitrogens with one attached hydrogen (secondary N) is 2. The standard InChI is InChI=1S/C18H13N5O/c24-18(13-5-9-20-10-6-13)21-14-1-2-15-16(11-14)23-17(22-15)12-3-7-19-8-4-12/h1-11H,(H,21,24)(H,22,23). The van der Waals surface area contributed by atoms with Crippen LogP contribution in [0.4, 0.5) is 5.69 Å². The Morgan fingerprint density at radius 1 is 0.917 bits per heavy atom. The number of fused-ring (bicyclic) bond motifs is 1. The number of benzene rings is 1. The Morgan fingerprint density at radius 3 is 2.38 bits per heavy atom. The van der Waals surface area contributed by atoms with Gasteiger partial charge in [-0.25, -0.2) is 4.98 Å². The summed E-state index contributed by atoms with van der Waals surface area (Å²) in [4.78, 5) is 27.9. The van der Waals surface area contributed by atoms with Crippen LogP contribution in [0.3, 0.4) is 0 Å². The number of carbonyl (C=O) groups excluding carboxylic acids is 1. The number of pyridine rings is 2. The van der Waals surface area contributed by atoms with Gasteiger partial charge in [0.1, 0.15) is 5.82 Å². The fourth-order valence-electron chi connectivity index (χ4n) is 2.44. The van der Waals surface area contributed by atoms with Crippen molar-refractivity contribution in [3.05, 3.63) is 72.8 Å². The topological polar surface area (TPSA) is 83.6 Å². The number of aromatic amines is 1. The molecule has 6 heteroatoms. The summed E-state index contributed by atoms with van der Waals surface area (Å²) >= 11 is 0. The average molecular weight is 315 g/mol. The lowest BCUT2D eigenvalue weighted by atomic mass is 10.2. The molecule has 3 aromatic heterocycles. The first kappa shape index (κ1) is 14.1. The van der Waals surface area contributed by atoms with Gasteiger partial charge in [-0.1, -0.05) is 0 Å². The summed E-state index contributed by atoms with van der Waals surface area (Å²) in [7, 11) is 0. The lowest BCUT2D eigenvalue weighted by Gasteiger charge is -2.04. The molecule has 6 nitrogen and oxygen atoms in total. The smallest absolute Gasteiger partial charge is 0.255 e. The summed E-state index contributed by atoms with van der Waals surface area (Å²) in [5, 5.41) is 2.87. The molecule has 3 heterocycles. The van der Waals surface area contributed by atoms with E-state index in [4.69, 9.17) is 0 Å². The van der Waals surface area contributed by atoms with E-state index in [1.165, 1.54) is 0 Å². The average Bonchev–Trinajstić information content (AvgIpc) is 3.06. The monoisotopic (exact) mass is 315 g/mol. The van der Waals surface area contributed by atoms with Crippen LogP contribution in [0, 0.1) is 0 Å². The molecule has 2 N–H and O–H groups in total. The van der Waals surface area contributed by atoms with Gasteiger partial charge in [0.2, 0.25) is 0 Å². The second-order valence-corrected chi connectivity index (χ2v) is 5.24. The third kappa shape index (κ3) is 2.72. The Bertz CT molecular complexity index is 996. The van der Waals surface area contributed by atoms with Crippen molar-refractivity contribution in [2.24, 2.45) is 0 Å². The molecule has 0 aliphatic rings. The van der Waals surface area contributed by atoms with E-state index in [-0.39, 0.29) is 5.91 Å². The molecule has 24 heavy (non-hydrogen) atoms. The van der Waals surface area contributed by atoms with Gasteiger partial charge in [-0.3, -0.25) is 14.8 Å². The number of rotatable bonds is 3. The molecule has 0 fully saturated rings. The van der Waals surface area contributed by atoms with Crippen LogP contribution >= 0.6 is 0 Å². The second-order valence-electron chi connectivity index (χ2n) is 5.24. The molecule has 0 aliphatic heterocycles. The van der Waals surface area contributed by atoms with Crippen LogP contribution in [-0.4, -0.2) is 25.8 Å². The third-order valence-corrected chi connectivity index (χ3v) is 3.64. The van der Waals surface area contributed by atoms with E-state index in [0.29, 0.717) is 11.3 Å². The molecule has 0 atom stereocenters. The van der Waals surface area contributed by atoms with Crippen molar-refractivity contribution in [1.29, 1.82) is 0 Å². The molecule has 0 spiro atoms. The zero-order valence-electron chi connectivity index (χ0n) is 12.6. The van der Waals surface area contributed by atoms with Gasteiger partial charge in [0, 0.05) is 41.6 Å². The third-order valence-electron chi connectivity index (χ3n) is 3.64. The highest BCUT2D eigenvalue weighted by atomic mass is 16.1. The molecular weight excluding hydrogens is 302 g/mol. The molecular formula is C18H13N5O. The van der Waals surface area contributed by atoms with Crippen LogP contribution in [0.2, 0.25) is 0 Å². The van der Waals surface area contributed by atoms with Crippen LogP contribution in [0.1, 0.15) is 10.4 Å². The Hall–Kier alpha value is -3.54. The van der Waals surface area contributed by atoms with Gasteiger partial charge in [-0.05, 0) is 42.5 Å². The lowest BCUT2D eigenvalue weighted by Crippen LogP contribution is -2.11. The molecule has 1 aromatic carbocycles. The van der Waals surface area contributed by atoms with Crippen molar-refractivity contribution in [3.63, 3.8) is 0 Å². The van der Waals surface area contributed by atoms with Gasteiger partial charge in [-0.15, -0.1) is 0 Å². The SMILES string of the molecule is O=C(Nc1ccc2nc(-c3ccncc3)[nH]c2c1)c1ccncc1. The first-order valence-corrected chi connectivity index (χ1v) is 7.41. The number of H-pyrrole nitrogens is 1. The zero-order valence-corrected chi connectivity index (χ0v) is 12.6. The number of anilines is 1. The van der Waals surface area contributed by atoms with E-state index in [0.717, 1.165) is 22.4 Å². The summed E-state index contributed by atoms with van der Waals surface area (Å²) < 4.78 is 0. The Kier molecular flexibility index (Phi) is 3.47. The number of amides is 1. The lowest BCUT2D eigenvalue weighted by molar-refractivity contribution is 0.102. The summed E-state index contributed by atoms with van der Waals surface area (Å²) in [5.74, 6) is 0.593. The van der Waals surface area contributed by atoms with E-state index in [2.05, 4.69) is 25.3 Å². The van der Waals surface area contributed by atoms with Gasteiger partial charge in [0.25, 0.3) is 5.91 Å². The minimum atomic E-state index is -0.175. The number of hydrogen-bond acceptors (Lipinski definition) is 4. The molecule has 0 unspecified atom stereocenters. The molecule has 1 amide bonds. The highest BCUT2D eigenvalue weighted by Gasteiger charge is 2.08. The molecule has 116 valence electrons. The first-order valence-electron chi connectivity index (χ1n) is 7.41. The van der Waals surface area contributed by atoms with Crippen LogP contribution in [-0.2, 0) is 0 Å². The van der Waals surface area contributed by atoms with Crippen LogP contribution in [0.15, 0.2) is 67.3 Å². The van der Waals surface area contributed by atoms with Crippen molar-refractivity contribution in [1.82, 2.24) is 19.9 Å². The Morgan fingerprint density at radius 2 is 1.62 bits per heavy atom. The molecule has 4 rings (SSSR count). The van der Waals surface area contributed by atoms with Gasteiger partial charge in [-0.2, -0.15) is 0 Å². The van der Waals surface area contributed by atoms with Crippen molar-refractivity contribution in [2.45, 2.75) is 0 Å². The highest BCUT2D eigenvalue weighted by Crippen LogP contribution is 2.22. The van der Waals surface area contributed by atoms with Crippen molar-refractivity contribution < 1.29 is 4.79 Å². The van der Waals surface area contributed by atoms with E-state index in [9.17, 15) is 4.79 Å². The van der Waals surface area contributed by atoms with E-state index in [1.807, 2.05) is 30.3 Å².